The Kier molecular flexibility index (Phi) is 5.21. The van der Waals surface area contributed by atoms with Gasteiger partial charge in [0, 0.05) is 17.5 Å². The third-order valence-corrected chi connectivity index (χ3v) is 3.68. The summed E-state index contributed by atoms with van der Waals surface area (Å²) in [5.74, 6) is -0.251. The van der Waals surface area contributed by atoms with Gasteiger partial charge in [-0.3, -0.25) is 14.3 Å². The van der Waals surface area contributed by atoms with Crippen LogP contribution in [0.5, 0.6) is 5.75 Å². The van der Waals surface area contributed by atoms with Gasteiger partial charge in [-0.1, -0.05) is 12.1 Å². The molecule has 26 heavy (non-hydrogen) atoms. The van der Waals surface area contributed by atoms with E-state index < -0.39 is 6.61 Å². The van der Waals surface area contributed by atoms with E-state index in [2.05, 4.69) is 15.2 Å². The Morgan fingerprint density at radius 1 is 1.15 bits per heavy atom. The smallest absolute Gasteiger partial charge is 0.387 e. The minimum atomic E-state index is -2.89. The molecule has 0 bridgehead atoms. The summed E-state index contributed by atoms with van der Waals surface area (Å²) >= 11 is 0. The highest BCUT2D eigenvalue weighted by Gasteiger charge is 2.08. The standard InChI is InChI=1S/C18H15F2N3O3/c19-18(20)26-13-7-5-12(6-8-13)22-17(25)9-10-23-15-4-2-1-3-14(15)16(24)11-21-23/h1-8,11,18H,9-10H2,(H,22,25). The molecule has 0 radical (unpaired) electrons. The molecule has 0 aliphatic rings. The van der Waals surface area contributed by atoms with Gasteiger partial charge in [-0.25, -0.2) is 0 Å². The van der Waals surface area contributed by atoms with Crippen molar-refractivity contribution in [2.24, 2.45) is 0 Å². The van der Waals surface area contributed by atoms with Gasteiger partial charge in [0.2, 0.25) is 11.3 Å². The Morgan fingerprint density at radius 2 is 1.88 bits per heavy atom. The van der Waals surface area contributed by atoms with Gasteiger partial charge in [-0.05, 0) is 36.4 Å². The molecule has 3 rings (SSSR count). The number of hydrogen-bond acceptors (Lipinski definition) is 4. The summed E-state index contributed by atoms with van der Waals surface area (Å²) in [6, 6.07) is 12.7. The Hall–Kier alpha value is -3.29. The van der Waals surface area contributed by atoms with Crippen LogP contribution in [-0.4, -0.2) is 22.3 Å². The van der Waals surface area contributed by atoms with E-state index in [4.69, 9.17) is 0 Å². The lowest BCUT2D eigenvalue weighted by molar-refractivity contribution is -0.116. The number of alkyl halides is 2. The molecular formula is C18H15F2N3O3. The molecule has 0 atom stereocenters. The predicted octanol–water partition coefficient (Wildman–Crippen LogP) is 3.03. The summed E-state index contributed by atoms with van der Waals surface area (Å²) in [6.07, 6.45) is 1.36. The second kappa shape index (κ2) is 7.73. The quantitative estimate of drug-likeness (QED) is 0.734. The van der Waals surface area contributed by atoms with Gasteiger partial charge in [0.1, 0.15) is 5.75 Å². The molecule has 2 aromatic carbocycles. The van der Waals surface area contributed by atoms with E-state index in [1.54, 1.807) is 28.9 Å². The van der Waals surface area contributed by atoms with Crippen molar-refractivity contribution in [1.82, 2.24) is 9.78 Å². The van der Waals surface area contributed by atoms with Crippen LogP contribution in [0, 0.1) is 0 Å². The average Bonchev–Trinajstić information content (AvgIpc) is 2.63. The molecule has 0 saturated heterocycles. The number of para-hydroxylation sites is 1. The molecular weight excluding hydrogens is 344 g/mol. The van der Waals surface area contributed by atoms with Crippen molar-refractivity contribution in [3.05, 3.63) is 65.0 Å². The van der Waals surface area contributed by atoms with E-state index in [9.17, 15) is 18.4 Å². The summed E-state index contributed by atoms with van der Waals surface area (Å²) < 4.78 is 30.1. The number of ether oxygens (including phenoxy) is 1. The van der Waals surface area contributed by atoms with Crippen molar-refractivity contribution in [3.8, 4) is 5.75 Å². The zero-order valence-corrected chi connectivity index (χ0v) is 13.6. The van der Waals surface area contributed by atoms with Gasteiger partial charge >= 0.3 is 6.61 Å². The van der Waals surface area contributed by atoms with Crippen LogP contribution >= 0.6 is 0 Å². The van der Waals surface area contributed by atoms with Gasteiger partial charge in [0.05, 0.1) is 18.3 Å². The van der Waals surface area contributed by atoms with Crippen molar-refractivity contribution in [2.75, 3.05) is 5.32 Å². The minimum Gasteiger partial charge on any atom is -0.435 e. The van der Waals surface area contributed by atoms with Crippen molar-refractivity contribution in [2.45, 2.75) is 19.6 Å². The first-order chi connectivity index (χ1) is 12.5. The van der Waals surface area contributed by atoms with E-state index in [1.807, 2.05) is 0 Å². The molecule has 1 amide bonds. The first-order valence-electron chi connectivity index (χ1n) is 7.82. The third-order valence-electron chi connectivity index (χ3n) is 3.68. The van der Waals surface area contributed by atoms with Crippen molar-refractivity contribution in [1.29, 1.82) is 0 Å². The molecule has 134 valence electrons. The monoisotopic (exact) mass is 359 g/mol. The molecule has 0 fully saturated rings. The summed E-state index contributed by atoms with van der Waals surface area (Å²) in [7, 11) is 0. The second-order valence-electron chi connectivity index (χ2n) is 5.45. The van der Waals surface area contributed by atoms with Crippen LogP contribution < -0.4 is 15.5 Å². The van der Waals surface area contributed by atoms with Crippen LogP contribution in [0.1, 0.15) is 6.42 Å². The first-order valence-corrected chi connectivity index (χ1v) is 7.82. The number of nitrogens with one attached hydrogen (secondary N) is 1. The van der Waals surface area contributed by atoms with E-state index >= 15 is 0 Å². The molecule has 0 saturated carbocycles. The van der Waals surface area contributed by atoms with Crippen molar-refractivity contribution < 1.29 is 18.3 Å². The fourth-order valence-electron chi connectivity index (χ4n) is 2.49. The van der Waals surface area contributed by atoms with Gasteiger partial charge in [0.15, 0.2) is 0 Å². The van der Waals surface area contributed by atoms with E-state index in [-0.39, 0.29) is 23.5 Å². The van der Waals surface area contributed by atoms with Crippen LogP contribution in [0.3, 0.4) is 0 Å². The van der Waals surface area contributed by atoms with Gasteiger partial charge in [-0.15, -0.1) is 0 Å². The first kappa shape index (κ1) is 17.5. The third kappa shape index (κ3) is 4.21. The van der Waals surface area contributed by atoms with Gasteiger partial charge in [-0.2, -0.15) is 13.9 Å². The van der Waals surface area contributed by atoms with E-state index in [0.29, 0.717) is 23.1 Å². The highest BCUT2D eigenvalue weighted by molar-refractivity contribution is 5.90. The van der Waals surface area contributed by atoms with Crippen LogP contribution in [0.25, 0.3) is 10.9 Å². The molecule has 1 N–H and O–H groups in total. The van der Waals surface area contributed by atoms with Crippen molar-refractivity contribution in [3.63, 3.8) is 0 Å². The number of carbonyl (C=O) groups excluding carboxylic acids is 1. The highest BCUT2D eigenvalue weighted by Crippen LogP contribution is 2.18. The van der Waals surface area contributed by atoms with Gasteiger partial charge < -0.3 is 10.1 Å². The molecule has 1 aromatic heterocycles. The minimum absolute atomic E-state index is 0.0157. The van der Waals surface area contributed by atoms with Crippen LogP contribution in [0.15, 0.2) is 59.5 Å². The second-order valence-corrected chi connectivity index (χ2v) is 5.45. The number of hydrogen-bond donors (Lipinski definition) is 1. The van der Waals surface area contributed by atoms with Crippen LogP contribution in [0.2, 0.25) is 0 Å². The average molecular weight is 359 g/mol. The SMILES string of the molecule is O=C(CCn1ncc(=O)c2ccccc21)Nc1ccc(OC(F)F)cc1. The molecule has 0 unspecified atom stereocenters. The molecule has 0 aliphatic heterocycles. The van der Waals surface area contributed by atoms with Crippen LogP contribution in [0.4, 0.5) is 14.5 Å². The van der Waals surface area contributed by atoms with Crippen LogP contribution in [-0.2, 0) is 11.3 Å². The van der Waals surface area contributed by atoms with Crippen molar-refractivity contribution >= 4 is 22.5 Å². The number of rotatable bonds is 6. The Morgan fingerprint density at radius 3 is 2.62 bits per heavy atom. The Labute approximate surface area is 147 Å². The molecule has 6 nitrogen and oxygen atoms in total. The predicted molar refractivity (Wildman–Crippen MR) is 92.3 cm³/mol. The Bertz CT molecular complexity index is 971. The lowest BCUT2D eigenvalue weighted by Crippen LogP contribution is -2.18. The maximum atomic E-state index is 12.1. The highest BCUT2D eigenvalue weighted by atomic mass is 19.3. The number of anilines is 1. The summed E-state index contributed by atoms with van der Waals surface area (Å²) in [6.45, 7) is -2.60. The lowest BCUT2D eigenvalue weighted by atomic mass is 10.2. The fraction of sp³-hybridized carbons (Fsp3) is 0.167. The molecule has 0 spiro atoms. The molecule has 3 aromatic rings. The zero-order valence-electron chi connectivity index (χ0n) is 13.6. The normalized spacial score (nSPS) is 10.9. The fourth-order valence-corrected chi connectivity index (χ4v) is 2.49. The number of amides is 1. The summed E-state index contributed by atoms with van der Waals surface area (Å²) in [4.78, 5) is 23.9. The maximum absolute atomic E-state index is 12.1. The molecule has 0 aliphatic carbocycles. The Balaban J connectivity index is 1.63. The number of aryl methyl sites for hydroxylation is 1. The largest absolute Gasteiger partial charge is 0.435 e. The number of fused-ring (bicyclic) bond motifs is 1. The van der Waals surface area contributed by atoms with E-state index in [1.165, 1.54) is 30.5 Å². The zero-order chi connectivity index (χ0) is 18.5. The molecule has 8 heteroatoms. The topological polar surface area (TPSA) is 73.2 Å². The summed E-state index contributed by atoms with van der Waals surface area (Å²) in [5, 5.41) is 7.27. The lowest BCUT2D eigenvalue weighted by Gasteiger charge is -2.10. The number of carbonyl (C=O) groups is 1. The van der Waals surface area contributed by atoms with E-state index in [0.717, 1.165) is 0 Å². The number of halogens is 2. The van der Waals surface area contributed by atoms with Gasteiger partial charge in [0.25, 0.3) is 0 Å². The number of nitrogens with zero attached hydrogens (tertiary/aromatic N) is 2. The summed E-state index contributed by atoms with van der Waals surface area (Å²) in [5.41, 5.74) is 0.947. The maximum Gasteiger partial charge on any atom is 0.387 e. The molecule has 1 heterocycles. The number of benzene rings is 2. The number of aromatic nitrogens is 2.